The summed E-state index contributed by atoms with van der Waals surface area (Å²) in [5.74, 6) is -0.702. The van der Waals surface area contributed by atoms with Gasteiger partial charge in [-0.2, -0.15) is 12.7 Å². The highest BCUT2D eigenvalue weighted by Gasteiger charge is 2.43. The number of methoxy groups -OCH3 is 1. The SMILES string of the molecule is COc1cccc(F)c1C1(F)CCCN(S(N)(=O)=O)C1. The van der Waals surface area contributed by atoms with Gasteiger partial charge in [0.1, 0.15) is 11.6 Å². The molecule has 1 heterocycles. The molecule has 1 unspecified atom stereocenters. The van der Waals surface area contributed by atoms with Gasteiger partial charge in [0.2, 0.25) is 0 Å². The Morgan fingerprint density at radius 3 is 2.75 bits per heavy atom. The zero-order valence-corrected chi connectivity index (χ0v) is 11.8. The number of alkyl halides is 1. The van der Waals surface area contributed by atoms with E-state index >= 15 is 4.39 Å². The molecule has 5 nitrogen and oxygen atoms in total. The average molecular weight is 306 g/mol. The van der Waals surface area contributed by atoms with Crippen LogP contribution in [0.25, 0.3) is 0 Å². The summed E-state index contributed by atoms with van der Waals surface area (Å²) in [7, 11) is -2.70. The van der Waals surface area contributed by atoms with Crippen molar-refractivity contribution < 1.29 is 21.9 Å². The molecular weight excluding hydrogens is 290 g/mol. The lowest BCUT2D eigenvalue weighted by Crippen LogP contribution is -2.49. The molecular formula is C12H16F2N2O3S. The maximum Gasteiger partial charge on any atom is 0.277 e. The van der Waals surface area contributed by atoms with E-state index < -0.39 is 28.2 Å². The molecule has 1 atom stereocenters. The second-order valence-electron chi connectivity index (χ2n) is 4.76. The Kier molecular flexibility index (Phi) is 3.99. The van der Waals surface area contributed by atoms with Crippen molar-refractivity contribution in [1.29, 1.82) is 0 Å². The minimum atomic E-state index is -4.01. The molecule has 2 rings (SSSR count). The molecule has 1 aromatic rings. The van der Waals surface area contributed by atoms with Crippen molar-refractivity contribution in [2.45, 2.75) is 18.5 Å². The van der Waals surface area contributed by atoms with Gasteiger partial charge in [0.15, 0.2) is 5.67 Å². The number of benzene rings is 1. The molecule has 0 saturated carbocycles. The van der Waals surface area contributed by atoms with Crippen molar-refractivity contribution in [3.05, 3.63) is 29.6 Å². The first-order valence-corrected chi connectivity index (χ1v) is 7.58. The fourth-order valence-corrected chi connectivity index (χ4v) is 3.27. The van der Waals surface area contributed by atoms with E-state index in [1.165, 1.54) is 19.2 Å². The Hall–Kier alpha value is -1.25. The van der Waals surface area contributed by atoms with Gasteiger partial charge in [0, 0.05) is 6.54 Å². The molecule has 0 bridgehead atoms. The predicted octanol–water partition coefficient (Wildman–Crippen LogP) is 1.30. The molecule has 1 saturated heterocycles. The lowest BCUT2D eigenvalue weighted by atomic mass is 9.87. The highest BCUT2D eigenvalue weighted by Crippen LogP contribution is 2.42. The van der Waals surface area contributed by atoms with E-state index in [2.05, 4.69) is 0 Å². The molecule has 20 heavy (non-hydrogen) atoms. The van der Waals surface area contributed by atoms with Crippen molar-refractivity contribution in [2.75, 3.05) is 20.2 Å². The number of hydrogen-bond acceptors (Lipinski definition) is 3. The number of ether oxygens (including phenoxy) is 1. The molecule has 1 fully saturated rings. The van der Waals surface area contributed by atoms with Crippen LogP contribution in [0, 0.1) is 5.82 Å². The van der Waals surface area contributed by atoms with Crippen LogP contribution in [0.15, 0.2) is 18.2 Å². The minimum Gasteiger partial charge on any atom is -0.496 e. The van der Waals surface area contributed by atoms with Gasteiger partial charge in [-0.25, -0.2) is 13.9 Å². The normalized spacial score (nSPS) is 24.6. The Labute approximate surface area is 116 Å². The molecule has 1 aromatic carbocycles. The molecule has 0 aliphatic carbocycles. The third-order valence-electron chi connectivity index (χ3n) is 3.41. The van der Waals surface area contributed by atoms with E-state index in [-0.39, 0.29) is 30.7 Å². The summed E-state index contributed by atoms with van der Waals surface area (Å²) in [6, 6.07) is 3.96. The number of halogens is 2. The maximum absolute atomic E-state index is 15.1. The van der Waals surface area contributed by atoms with Crippen LogP contribution in [0.3, 0.4) is 0 Å². The van der Waals surface area contributed by atoms with E-state index in [1.54, 1.807) is 0 Å². The molecule has 0 amide bonds. The Morgan fingerprint density at radius 1 is 1.45 bits per heavy atom. The first-order chi connectivity index (χ1) is 9.28. The number of nitrogens with two attached hydrogens (primary N) is 1. The van der Waals surface area contributed by atoms with Crippen LogP contribution in [0.5, 0.6) is 5.75 Å². The summed E-state index contributed by atoms with van der Waals surface area (Å²) < 4.78 is 57.6. The monoisotopic (exact) mass is 306 g/mol. The van der Waals surface area contributed by atoms with Gasteiger partial charge in [-0.15, -0.1) is 0 Å². The van der Waals surface area contributed by atoms with Crippen LogP contribution in [0.2, 0.25) is 0 Å². The van der Waals surface area contributed by atoms with Crippen molar-refractivity contribution >= 4 is 10.2 Å². The summed E-state index contributed by atoms with van der Waals surface area (Å²) in [4.78, 5) is 0. The van der Waals surface area contributed by atoms with Crippen molar-refractivity contribution in [1.82, 2.24) is 4.31 Å². The van der Waals surface area contributed by atoms with E-state index in [0.717, 1.165) is 10.4 Å². The van der Waals surface area contributed by atoms with E-state index in [0.29, 0.717) is 0 Å². The van der Waals surface area contributed by atoms with E-state index in [9.17, 15) is 12.8 Å². The van der Waals surface area contributed by atoms with Crippen molar-refractivity contribution in [3.8, 4) is 5.75 Å². The Bertz CT molecular complexity index is 609. The third kappa shape index (κ3) is 2.77. The van der Waals surface area contributed by atoms with Crippen LogP contribution in [-0.2, 0) is 15.9 Å². The Morgan fingerprint density at radius 2 is 2.15 bits per heavy atom. The molecule has 1 aliphatic rings. The molecule has 112 valence electrons. The van der Waals surface area contributed by atoms with Crippen LogP contribution < -0.4 is 9.88 Å². The number of piperidine rings is 1. The van der Waals surface area contributed by atoms with Gasteiger partial charge in [-0.05, 0) is 25.0 Å². The van der Waals surface area contributed by atoms with Gasteiger partial charge < -0.3 is 4.74 Å². The van der Waals surface area contributed by atoms with Gasteiger partial charge >= 0.3 is 0 Å². The fraction of sp³-hybridized carbons (Fsp3) is 0.500. The summed E-state index contributed by atoms with van der Waals surface area (Å²) in [5, 5.41) is 5.02. The second kappa shape index (κ2) is 5.27. The van der Waals surface area contributed by atoms with Crippen molar-refractivity contribution in [3.63, 3.8) is 0 Å². The zero-order valence-electron chi connectivity index (χ0n) is 11.0. The van der Waals surface area contributed by atoms with E-state index in [1.807, 2.05) is 0 Å². The average Bonchev–Trinajstić information content (AvgIpc) is 2.37. The zero-order chi connectivity index (χ0) is 15.0. The van der Waals surface area contributed by atoms with Gasteiger partial charge in [-0.1, -0.05) is 6.07 Å². The van der Waals surface area contributed by atoms with Crippen LogP contribution in [0.4, 0.5) is 8.78 Å². The molecule has 0 spiro atoms. The quantitative estimate of drug-likeness (QED) is 0.915. The molecule has 1 aliphatic heterocycles. The predicted molar refractivity (Wildman–Crippen MR) is 69.7 cm³/mol. The first kappa shape index (κ1) is 15.1. The molecule has 2 N–H and O–H groups in total. The topological polar surface area (TPSA) is 72.6 Å². The number of rotatable bonds is 3. The maximum atomic E-state index is 15.1. The molecule has 0 radical (unpaired) electrons. The highest BCUT2D eigenvalue weighted by molar-refractivity contribution is 7.86. The molecule has 0 aromatic heterocycles. The van der Waals surface area contributed by atoms with Gasteiger partial charge in [0.25, 0.3) is 10.2 Å². The largest absolute Gasteiger partial charge is 0.496 e. The number of nitrogens with zero attached hydrogens (tertiary/aromatic N) is 1. The Balaban J connectivity index is 2.45. The van der Waals surface area contributed by atoms with Crippen LogP contribution in [0.1, 0.15) is 18.4 Å². The smallest absolute Gasteiger partial charge is 0.277 e. The summed E-state index contributed by atoms with van der Waals surface area (Å²) >= 11 is 0. The lowest BCUT2D eigenvalue weighted by Gasteiger charge is -2.36. The summed E-state index contributed by atoms with van der Waals surface area (Å²) in [5.41, 5.74) is -2.41. The van der Waals surface area contributed by atoms with Crippen molar-refractivity contribution in [2.24, 2.45) is 5.14 Å². The highest BCUT2D eigenvalue weighted by atomic mass is 32.2. The minimum absolute atomic E-state index is 0.0102. The second-order valence-corrected chi connectivity index (χ2v) is 6.31. The third-order valence-corrected chi connectivity index (χ3v) is 4.44. The molecule has 8 heteroatoms. The summed E-state index contributed by atoms with van der Waals surface area (Å²) in [6.45, 7) is -0.385. The summed E-state index contributed by atoms with van der Waals surface area (Å²) in [6.07, 6.45) is 0.265. The number of hydrogen-bond donors (Lipinski definition) is 1. The fourth-order valence-electron chi connectivity index (χ4n) is 2.50. The van der Waals surface area contributed by atoms with Crippen LogP contribution >= 0.6 is 0 Å². The lowest BCUT2D eigenvalue weighted by molar-refractivity contribution is 0.0747. The standard InChI is InChI=1S/C12H16F2N2O3S/c1-19-10-5-2-4-9(13)11(10)12(14)6-3-7-16(8-12)20(15,17)18/h2,4-5H,3,6-8H2,1H3,(H2,15,17,18). The van der Waals surface area contributed by atoms with E-state index in [4.69, 9.17) is 9.88 Å². The van der Waals surface area contributed by atoms with Crippen LogP contribution in [-0.4, -0.2) is 32.9 Å². The first-order valence-electron chi connectivity index (χ1n) is 6.08. The van der Waals surface area contributed by atoms with Gasteiger partial charge in [-0.3, -0.25) is 0 Å². The van der Waals surface area contributed by atoms with Gasteiger partial charge in [0.05, 0.1) is 19.2 Å².